The first-order valence-corrected chi connectivity index (χ1v) is 7.51. The van der Waals surface area contributed by atoms with Crippen LogP contribution in [0.4, 0.5) is 0 Å². The zero-order chi connectivity index (χ0) is 15.2. The first kappa shape index (κ1) is 15.6. The summed E-state index contributed by atoms with van der Waals surface area (Å²) >= 11 is 0. The number of carbonyl (C=O) groups excluding carboxylic acids is 1. The molecule has 0 saturated carbocycles. The molecule has 0 radical (unpaired) electrons. The minimum Gasteiger partial charge on any atom is -0.486 e. The highest BCUT2D eigenvalue weighted by atomic mass is 16.6. The van der Waals surface area contributed by atoms with Crippen LogP contribution in [0.25, 0.3) is 0 Å². The Kier molecular flexibility index (Phi) is 5.44. The average Bonchev–Trinajstić information content (AvgIpc) is 2.51. The Morgan fingerprint density at radius 3 is 2.76 bits per heavy atom. The van der Waals surface area contributed by atoms with E-state index in [1.54, 1.807) is 11.9 Å². The van der Waals surface area contributed by atoms with Gasteiger partial charge in [0.1, 0.15) is 13.2 Å². The van der Waals surface area contributed by atoms with Crippen molar-refractivity contribution in [1.82, 2.24) is 4.90 Å². The molecule has 5 nitrogen and oxygen atoms in total. The molecule has 0 bridgehead atoms. The van der Waals surface area contributed by atoms with Crippen LogP contribution >= 0.6 is 0 Å². The second-order valence-electron chi connectivity index (χ2n) is 5.42. The molecule has 0 aliphatic carbocycles. The van der Waals surface area contributed by atoms with E-state index in [2.05, 4.69) is 6.92 Å². The summed E-state index contributed by atoms with van der Waals surface area (Å²) in [5.74, 6) is 1.49. The molecule has 1 atom stereocenters. The van der Waals surface area contributed by atoms with Gasteiger partial charge in [-0.1, -0.05) is 25.8 Å². The van der Waals surface area contributed by atoms with Crippen LogP contribution in [0.5, 0.6) is 11.5 Å². The van der Waals surface area contributed by atoms with E-state index in [-0.39, 0.29) is 5.91 Å². The third kappa shape index (κ3) is 4.11. The molecule has 1 heterocycles. The Labute approximate surface area is 126 Å². The van der Waals surface area contributed by atoms with Gasteiger partial charge in [-0.3, -0.25) is 4.79 Å². The fourth-order valence-corrected chi connectivity index (χ4v) is 2.37. The Balaban J connectivity index is 1.95. The van der Waals surface area contributed by atoms with E-state index in [4.69, 9.17) is 15.2 Å². The summed E-state index contributed by atoms with van der Waals surface area (Å²) in [5.41, 5.74) is 6.94. The maximum atomic E-state index is 12.2. The summed E-state index contributed by atoms with van der Waals surface area (Å²) in [7, 11) is 1.78. The van der Waals surface area contributed by atoms with E-state index in [1.807, 2.05) is 18.2 Å². The second-order valence-corrected chi connectivity index (χ2v) is 5.42. The van der Waals surface area contributed by atoms with Gasteiger partial charge in [-0.2, -0.15) is 0 Å². The number of fused-ring (bicyclic) bond motifs is 1. The van der Waals surface area contributed by atoms with Gasteiger partial charge in [-0.15, -0.1) is 0 Å². The summed E-state index contributed by atoms with van der Waals surface area (Å²) in [6.07, 6.45) is 2.76. The largest absolute Gasteiger partial charge is 0.486 e. The van der Waals surface area contributed by atoms with E-state index in [0.29, 0.717) is 19.8 Å². The molecular formula is C16H24N2O3. The smallest absolute Gasteiger partial charge is 0.239 e. The lowest BCUT2D eigenvalue weighted by Gasteiger charge is -2.23. The SMILES string of the molecule is CCCC[C@H](N)C(=O)N(C)Cc1ccc2c(c1)OCCO2. The van der Waals surface area contributed by atoms with Crippen molar-refractivity contribution in [3.8, 4) is 11.5 Å². The molecule has 1 aromatic rings. The molecule has 116 valence electrons. The number of ether oxygens (including phenoxy) is 2. The second kappa shape index (κ2) is 7.31. The van der Waals surface area contributed by atoms with E-state index >= 15 is 0 Å². The van der Waals surface area contributed by atoms with Crippen molar-refractivity contribution in [2.75, 3.05) is 20.3 Å². The number of carbonyl (C=O) groups is 1. The number of nitrogens with zero attached hydrogens (tertiary/aromatic N) is 1. The fraction of sp³-hybridized carbons (Fsp3) is 0.562. The molecule has 0 fully saturated rings. The monoisotopic (exact) mass is 292 g/mol. The Hall–Kier alpha value is -1.75. The van der Waals surface area contributed by atoms with Gasteiger partial charge in [0.25, 0.3) is 0 Å². The summed E-state index contributed by atoms with van der Waals surface area (Å²) in [5, 5.41) is 0. The molecule has 0 unspecified atom stereocenters. The van der Waals surface area contributed by atoms with E-state index < -0.39 is 6.04 Å². The number of likely N-dealkylation sites (N-methyl/N-ethyl adjacent to an activating group) is 1. The highest BCUT2D eigenvalue weighted by Gasteiger charge is 2.18. The number of nitrogens with two attached hydrogens (primary N) is 1. The van der Waals surface area contributed by atoms with Crippen LogP contribution in [0, 0.1) is 0 Å². The van der Waals surface area contributed by atoms with Crippen molar-refractivity contribution < 1.29 is 14.3 Å². The maximum Gasteiger partial charge on any atom is 0.239 e. The minimum atomic E-state index is -0.410. The summed E-state index contributed by atoms with van der Waals surface area (Å²) in [4.78, 5) is 13.9. The van der Waals surface area contributed by atoms with Crippen molar-refractivity contribution in [3.63, 3.8) is 0 Å². The van der Waals surface area contributed by atoms with Crippen LogP contribution < -0.4 is 15.2 Å². The molecular weight excluding hydrogens is 268 g/mol. The number of hydrogen-bond donors (Lipinski definition) is 1. The first-order valence-electron chi connectivity index (χ1n) is 7.51. The third-order valence-corrected chi connectivity index (χ3v) is 3.59. The van der Waals surface area contributed by atoms with Gasteiger partial charge in [0.2, 0.25) is 5.91 Å². The molecule has 2 N–H and O–H groups in total. The topological polar surface area (TPSA) is 64.8 Å². The van der Waals surface area contributed by atoms with Gasteiger partial charge in [0.05, 0.1) is 6.04 Å². The summed E-state index contributed by atoms with van der Waals surface area (Å²) in [6.45, 7) is 3.76. The predicted octanol–water partition coefficient (Wildman–Crippen LogP) is 1.93. The maximum absolute atomic E-state index is 12.2. The molecule has 1 aromatic carbocycles. The van der Waals surface area contributed by atoms with Crippen LogP contribution in [0.15, 0.2) is 18.2 Å². The van der Waals surface area contributed by atoms with Gasteiger partial charge in [-0.25, -0.2) is 0 Å². The van der Waals surface area contributed by atoms with Crippen LogP contribution in [0.2, 0.25) is 0 Å². The Morgan fingerprint density at radius 2 is 2.05 bits per heavy atom. The van der Waals surface area contributed by atoms with Crippen molar-refractivity contribution >= 4 is 5.91 Å². The molecule has 1 aliphatic heterocycles. The normalized spacial score (nSPS) is 14.6. The van der Waals surface area contributed by atoms with Crippen LogP contribution in [-0.4, -0.2) is 37.1 Å². The number of rotatable bonds is 6. The number of unbranched alkanes of at least 4 members (excludes halogenated alkanes) is 1. The van der Waals surface area contributed by atoms with Crippen molar-refractivity contribution in [2.45, 2.75) is 38.8 Å². The predicted molar refractivity (Wildman–Crippen MR) is 81.4 cm³/mol. The summed E-state index contributed by atoms with van der Waals surface area (Å²) < 4.78 is 11.0. The lowest BCUT2D eigenvalue weighted by molar-refractivity contribution is -0.132. The molecule has 5 heteroatoms. The lowest BCUT2D eigenvalue weighted by Crippen LogP contribution is -2.41. The molecule has 1 amide bonds. The highest BCUT2D eigenvalue weighted by molar-refractivity contribution is 5.81. The van der Waals surface area contributed by atoms with Crippen molar-refractivity contribution in [1.29, 1.82) is 0 Å². The summed E-state index contributed by atoms with van der Waals surface area (Å²) in [6, 6.07) is 5.36. The van der Waals surface area contributed by atoms with Crippen LogP contribution in [0.3, 0.4) is 0 Å². The fourth-order valence-electron chi connectivity index (χ4n) is 2.37. The Bertz CT molecular complexity index is 490. The average molecular weight is 292 g/mol. The van der Waals surface area contributed by atoms with Gasteiger partial charge >= 0.3 is 0 Å². The standard InChI is InChI=1S/C16H24N2O3/c1-3-4-5-13(17)16(19)18(2)11-12-6-7-14-15(10-12)21-9-8-20-14/h6-7,10,13H,3-5,8-9,11,17H2,1-2H3/t13-/m0/s1. The lowest BCUT2D eigenvalue weighted by atomic mass is 10.1. The number of benzene rings is 1. The first-order chi connectivity index (χ1) is 10.1. The zero-order valence-corrected chi connectivity index (χ0v) is 12.8. The number of amides is 1. The third-order valence-electron chi connectivity index (χ3n) is 3.59. The molecule has 1 aliphatic rings. The van der Waals surface area contributed by atoms with E-state index in [1.165, 1.54) is 0 Å². The van der Waals surface area contributed by atoms with Gasteiger partial charge in [0, 0.05) is 13.6 Å². The van der Waals surface area contributed by atoms with E-state index in [0.717, 1.165) is 36.3 Å². The number of hydrogen-bond acceptors (Lipinski definition) is 4. The van der Waals surface area contributed by atoms with Crippen LogP contribution in [-0.2, 0) is 11.3 Å². The minimum absolute atomic E-state index is 0.0154. The van der Waals surface area contributed by atoms with Crippen LogP contribution in [0.1, 0.15) is 31.7 Å². The van der Waals surface area contributed by atoms with Crippen molar-refractivity contribution in [3.05, 3.63) is 23.8 Å². The van der Waals surface area contributed by atoms with Gasteiger partial charge < -0.3 is 20.1 Å². The quantitative estimate of drug-likeness (QED) is 0.870. The van der Waals surface area contributed by atoms with Gasteiger partial charge in [-0.05, 0) is 24.1 Å². The molecule has 2 rings (SSSR count). The van der Waals surface area contributed by atoms with Crippen molar-refractivity contribution in [2.24, 2.45) is 5.73 Å². The molecule has 21 heavy (non-hydrogen) atoms. The molecule has 0 saturated heterocycles. The zero-order valence-electron chi connectivity index (χ0n) is 12.8. The Morgan fingerprint density at radius 1 is 1.33 bits per heavy atom. The molecule has 0 spiro atoms. The highest BCUT2D eigenvalue weighted by Crippen LogP contribution is 2.31. The van der Waals surface area contributed by atoms with Gasteiger partial charge in [0.15, 0.2) is 11.5 Å². The molecule has 0 aromatic heterocycles. The van der Waals surface area contributed by atoms with E-state index in [9.17, 15) is 4.79 Å².